The molecule has 138 valence electrons. The molecule has 0 saturated heterocycles. The van der Waals surface area contributed by atoms with Gasteiger partial charge < -0.3 is 9.47 Å². The number of anilines is 1. The molecule has 0 aliphatic carbocycles. The summed E-state index contributed by atoms with van der Waals surface area (Å²) in [7, 11) is 0. The van der Waals surface area contributed by atoms with Crippen molar-refractivity contribution in [2.75, 3.05) is 18.1 Å². The van der Waals surface area contributed by atoms with Gasteiger partial charge in [0.15, 0.2) is 5.13 Å². The average Bonchev–Trinajstić information content (AvgIpc) is 3.15. The quantitative estimate of drug-likeness (QED) is 0.638. The molecule has 0 atom stereocenters. The van der Waals surface area contributed by atoms with E-state index in [4.69, 9.17) is 26.1 Å². The Hall–Kier alpha value is -2.57. The summed E-state index contributed by atoms with van der Waals surface area (Å²) < 4.78 is 11.7. The number of amides is 1. The molecule has 3 aromatic rings. The van der Waals surface area contributed by atoms with E-state index >= 15 is 0 Å². The Morgan fingerprint density at radius 2 is 2.04 bits per heavy atom. The number of aryl methyl sites for hydroxylation is 1. The molecule has 0 N–H and O–H groups in total. The van der Waals surface area contributed by atoms with Gasteiger partial charge >= 0.3 is 0 Å². The number of thiazole rings is 1. The number of aromatic nitrogens is 1. The van der Waals surface area contributed by atoms with Crippen LogP contribution in [-0.4, -0.2) is 24.1 Å². The van der Waals surface area contributed by atoms with Crippen LogP contribution in [0, 0.1) is 6.92 Å². The monoisotopic (exact) mass is 400 g/mol. The molecule has 0 radical (unpaired) electrons. The Morgan fingerprint density at radius 3 is 2.78 bits per heavy atom. The number of carbonyl (C=O) groups excluding carboxylic acids is 1. The van der Waals surface area contributed by atoms with Crippen molar-refractivity contribution < 1.29 is 14.3 Å². The van der Waals surface area contributed by atoms with Crippen LogP contribution in [-0.2, 0) is 20.8 Å². The predicted molar refractivity (Wildman–Crippen MR) is 107 cm³/mol. The smallest absolute Gasteiger partial charge is 0.298 e. The molecule has 27 heavy (non-hydrogen) atoms. The van der Waals surface area contributed by atoms with Gasteiger partial charge in [-0.3, -0.25) is 9.69 Å². The van der Waals surface area contributed by atoms with Crippen molar-refractivity contribution in [3.05, 3.63) is 70.6 Å². The van der Waals surface area contributed by atoms with Crippen molar-refractivity contribution in [1.29, 1.82) is 0 Å². The van der Waals surface area contributed by atoms with Gasteiger partial charge in [0.05, 0.1) is 16.8 Å². The van der Waals surface area contributed by atoms with Gasteiger partial charge in [0.1, 0.15) is 19.5 Å². The highest BCUT2D eigenvalue weighted by Gasteiger charge is 2.26. The number of fused-ring (bicyclic) bond motifs is 1. The highest BCUT2D eigenvalue weighted by atomic mass is 35.5. The Balaban J connectivity index is 1.76. The fourth-order valence-electron chi connectivity index (χ4n) is 2.81. The van der Waals surface area contributed by atoms with Gasteiger partial charge in [0.2, 0.25) is 5.76 Å². The number of rotatable bonds is 4. The maximum atomic E-state index is 13.1. The standard InChI is InChI=1S/C20H17ClN2O3S/c1-13-15(21)7-8-17-18(13)22-20(27-17)23(11-14-5-3-2-4-6-14)19(24)16-12-25-9-10-26-16/h2-8,12H,9-11H2,1H3. The number of ether oxygens (including phenoxy) is 2. The number of halogens is 1. The van der Waals surface area contributed by atoms with Gasteiger partial charge in [-0.25, -0.2) is 4.98 Å². The maximum absolute atomic E-state index is 13.1. The Kier molecular flexibility index (Phi) is 5.01. The van der Waals surface area contributed by atoms with Crippen LogP contribution < -0.4 is 4.90 Å². The summed E-state index contributed by atoms with van der Waals surface area (Å²) in [6.07, 6.45) is 1.37. The molecule has 0 saturated carbocycles. The minimum atomic E-state index is -0.277. The van der Waals surface area contributed by atoms with Crippen LogP contribution in [0.25, 0.3) is 10.2 Å². The molecule has 1 aliphatic heterocycles. The maximum Gasteiger partial charge on any atom is 0.298 e. The molecular weight excluding hydrogens is 384 g/mol. The third kappa shape index (κ3) is 3.63. The van der Waals surface area contributed by atoms with Crippen molar-refractivity contribution >= 4 is 44.2 Å². The summed E-state index contributed by atoms with van der Waals surface area (Å²) >= 11 is 7.68. The van der Waals surface area contributed by atoms with E-state index in [-0.39, 0.29) is 11.7 Å². The minimum absolute atomic E-state index is 0.186. The van der Waals surface area contributed by atoms with E-state index in [1.165, 1.54) is 17.6 Å². The Morgan fingerprint density at radius 1 is 1.22 bits per heavy atom. The van der Waals surface area contributed by atoms with Crippen LogP contribution in [0.15, 0.2) is 54.5 Å². The molecule has 4 rings (SSSR count). The van der Waals surface area contributed by atoms with Crippen molar-refractivity contribution in [3.63, 3.8) is 0 Å². The van der Waals surface area contributed by atoms with Crippen molar-refractivity contribution in [3.8, 4) is 0 Å². The second-order valence-electron chi connectivity index (χ2n) is 6.09. The molecule has 2 heterocycles. The second kappa shape index (κ2) is 7.58. The van der Waals surface area contributed by atoms with Gasteiger partial charge in [-0.15, -0.1) is 0 Å². The molecule has 7 heteroatoms. The third-order valence-electron chi connectivity index (χ3n) is 4.26. The highest BCUT2D eigenvalue weighted by Crippen LogP contribution is 2.34. The zero-order valence-corrected chi connectivity index (χ0v) is 16.2. The Labute approximate surface area is 165 Å². The van der Waals surface area contributed by atoms with Crippen LogP contribution in [0.1, 0.15) is 11.1 Å². The largest absolute Gasteiger partial charge is 0.494 e. The molecular formula is C20H17ClN2O3S. The molecule has 0 unspecified atom stereocenters. The van der Waals surface area contributed by atoms with E-state index in [1.807, 2.05) is 49.4 Å². The highest BCUT2D eigenvalue weighted by molar-refractivity contribution is 7.22. The topological polar surface area (TPSA) is 51.7 Å². The van der Waals surface area contributed by atoms with E-state index in [1.54, 1.807) is 4.90 Å². The van der Waals surface area contributed by atoms with Crippen LogP contribution in [0.2, 0.25) is 5.02 Å². The summed E-state index contributed by atoms with van der Waals surface area (Å²) in [4.78, 5) is 19.4. The minimum Gasteiger partial charge on any atom is -0.494 e. The number of nitrogens with zero attached hydrogens (tertiary/aromatic N) is 2. The Bertz CT molecular complexity index is 1020. The molecule has 2 aromatic carbocycles. The first-order valence-corrected chi connectivity index (χ1v) is 9.69. The van der Waals surface area contributed by atoms with E-state index < -0.39 is 0 Å². The number of hydrogen-bond donors (Lipinski definition) is 0. The van der Waals surface area contributed by atoms with Gasteiger partial charge in [0, 0.05) is 5.02 Å². The van der Waals surface area contributed by atoms with Crippen LogP contribution in [0.3, 0.4) is 0 Å². The van der Waals surface area contributed by atoms with Gasteiger partial charge in [-0.1, -0.05) is 53.3 Å². The van der Waals surface area contributed by atoms with E-state index in [9.17, 15) is 4.79 Å². The summed E-state index contributed by atoms with van der Waals surface area (Å²) in [5.74, 6) is -0.0902. The lowest BCUT2D eigenvalue weighted by Crippen LogP contribution is -2.33. The predicted octanol–water partition coefficient (Wildman–Crippen LogP) is 4.68. The number of benzene rings is 2. The molecule has 0 bridgehead atoms. The van der Waals surface area contributed by atoms with Crippen LogP contribution >= 0.6 is 22.9 Å². The molecule has 1 aliphatic rings. The summed E-state index contributed by atoms with van der Waals surface area (Å²) in [6.45, 7) is 3.10. The summed E-state index contributed by atoms with van der Waals surface area (Å²) in [5, 5.41) is 1.26. The number of hydrogen-bond acceptors (Lipinski definition) is 5. The van der Waals surface area contributed by atoms with E-state index in [0.717, 1.165) is 21.3 Å². The van der Waals surface area contributed by atoms with Gasteiger partial charge in [0.25, 0.3) is 5.91 Å². The lowest BCUT2D eigenvalue weighted by molar-refractivity contribution is -0.119. The van der Waals surface area contributed by atoms with Crippen molar-refractivity contribution in [2.45, 2.75) is 13.5 Å². The van der Waals surface area contributed by atoms with E-state index in [0.29, 0.717) is 29.9 Å². The van der Waals surface area contributed by atoms with Gasteiger partial charge in [-0.2, -0.15) is 0 Å². The van der Waals surface area contributed by atoms with Crippen molar-refractivity contribution in [1.82, 2.24) is 4.98 Å². The zero-order valence-electron chi connectivity index (χ0n) is 14.6. The first-order chi connectivity index (χ1) is 13.1. The van der Waals surface area contributed by atoms with E-state index in [2.05, 4.69) is 0 Å². The van der Waals surface area contributed by atoms with Crippen molar-refractivity contribution in [2.24, 2.45) is 0 Å². The lowest BCUT2D eigenvalue weighted by Gasteiger charge is -2.23. The molecule has 5 nitrogen and oxygen atoms in total. The lowest BCUT2D eigenvalue weighted by atomic mass is 10.2. The summed E-state index contributed by atoms with van der Waals surface area (Å²) in [5.41, 5.74) is 2.71. The fourth-order valence-corrected chi connectivity index (χ4v) is 3.99. The second-order valence-corrected chi connectivity index (χ2v) is 7.51. The molecule has 1 amide bonds. The molecule has 0 spiro atoms. The third-order valence-corrected chi connectivity index (χ3v) is 5.71. The molecule has 1 aromatic heterocycles. The normalized spacial score (nSPS) is 13.6. The van der Waals surface area contributed by atoms with Gasteiger partial charge in [-0.05, 0) is 30.2 Å². The SMILES string of the molecule is Cc1c(Cl)ccc2sc(N(Cc3ccccc3)C(=O)C3=COCCO3)nc12. The fraction of sp³-hybridized carbons (Fsp3) is 0.200. The average molecular weight is 401 g/mol. The zero-order chi connectivity index (χ0) is 18.8. The van der Waals surface area contributed by atoms with Crippen LogP contribution in [0.4, 0.5) is 5.13 Å². The van der Waals surface area contributed by atoms with Crippen LogP contribution in [0.5, 0.6) is 0 Å². The summed E-state index contributed by atoms with van der Waals surface area (Å²) in [6, 6.07) is 13.6. The molecule has 0 fully saturated rings. The first kappa shape index (κ1) is 17.8. The number of carbonyl (C=O) groups is 1. The first-order valence-electron chi connectivity index (χ1n) is 8.49.